The van der Waals surface area contributed by atoms with Crippen LogP contribution in [-0.4, -0.2) is 68.8 Å². The Morgan fingerprint density at radius 3 is 1.97 bits per heavy atom. The van der Waals surface area contributed by atoms with Gasteiger partial charge in [0.2, 0.25) is 21.8 Å². The van der Waals surface area contributed by atoms with E-state index in [1.807, 2.05) is 24.3 Å². The van der Waals surface area contributed by atoms with Gasteiger partial charge in [0.1, 0.15) is 0 Å². The zero-order valence-corrected chi connectivity index (χ0v) is 20.7. The third-order valence-electron chi connectivity index (χ3n) is 5.75. The van der Waals surface area contributed by atoms with Gasteiger partial charge in [0.15, 0.2) is 0 Å². The number of amides is 2. The Morgan fingerprint density at radius 2 is 1.41 bits per heavy atom. The SMILES string of the molecule is CCN1CCN(Cc2ccc(NC(=O)[C@H](C)NS(=O)(=O)c3ccc(NC(C)=O)cc3)cc2)CC1. The number of rotatable bonds is 9. The van der Waals surface area contributed by atoms with Crippen molar-refractivity contribution in [1.82, 2.24) is 14.5 Å². The van der Waals surface area contributed by atoms with E-state index in [2.05, 4.69) is 32.1 Å². The number of sulfonamides is 1. The van der Waals surface area contributed by atoms with Crippen molar-refractivity contribution in [3.63, 3.8) is 0 Å². The highest BCUT2D eigenvalue weighted by Gasteiger charge is 2.22. The highest BCUT2D eigenvalue weighted by molar-refractivity contribution is 7.89. The van der Waals surface area contributed by atoms with Crippen LogP contribution >= 0.6 is 0 Å². The molecule has 0 aromatic heterocycles. The average molecular weight is 488 g/mol. The van der Waals surface area contributed by atoms with Gasteiger partial charge in [-0.05, 0) is 55.4 Å². The van der Waals surface area contributed by atoms with E-state index in [1.165, 1.54) is 43.7 Å². The van der Waals surface area contributed by atoms with E-state index in [1.54, 1.807) is 0 Å². The summed E-state index contributed by atoms with van der Waals surface area (Å²) in [6.45, 7) is 11.2. The van der Waals surface area contributed by atoms with E-state index in [9.17, 15) is 18.0 Å². The zero-order chi connectivity index (χ0) is 24.7. The normalized spacial score (nSPS) is 16.1. The van der Waals surface area contributed by atoms with Gasteiger partial charge in [-0.1, -0.05) is 19.1 Å². The number of anilines is 2. The minimum absolute atomic E-state index is 0.00498. The number of carbonyl (C=O) groups excluding carboxylic acids is 2. The molecule has 2 aromatic carbocycles. The molecule has 1 atom stereocenters. The fourth-order valence-corrected chi connectivity index (χ4v) is 4.94. The molecule has 10 heteroatoms. The highest BCUT2D eigenvalue weighted by atomic mass is 32.2. The van der Waals surface area contributed by atoms with Crippen LogP contribution < -0.4 is 15.4 Å². The van der Waals surface area contributed by atoms with Crippen molar-refractivity contribution in [2.24, 2.45) is 0 Å². The van der Waals surface area contributed by atoms with E-state index in [0.29, 0.717) is 11.4 Å². The van der Waals surface area contributed by atoms with E-state index < -0.39 is 22.0 Å². The molecule has 0 spiro atoms. The number of hydrogen-bond acceptors (Lipinski definition) is 6. The molecular weight excluding hydrogens is 454 g/mol. The average Bonchev–Trinajstić information content (AvgIpc) is 2.80. The molecule has 1 aliphatic heterocycles. The second-order valence-corrected chi connectivity index (χ2v) is 10.2. The maximum absolute atomic E-state index is 12.6. The number of hydrogen-bond donors (Lipinski definition) is 3. The van der Waals surface area contributed by atoms with E-state index in [0.717, 1.165) is 39.3 Å². The van der Waals surface area contributed by atoms with Crippen molar-refractivity contribution in [3.8, 4) is 0 Å². The molecule has 0 radical (unpaired) electrons. The number of nitrogens with zero attached hydrogens (tertiary/aromatic N) is 2. The van der Waals surface area contributed by atoms with Gasteiger partial charge in [-0.15, -0.1) is 0 Å². The molecule has 0 bridgehead atoms. The van der Waals surface area contributed by atoms with Gasteiger partial charge in [0.05, 0.1) is 10.9 Å². The highest BCUT2D eigenvalue weighted by Crippen LogP contribution is 2.16. The summed E-state index contributed by atoms with van der Waals surface area (Å²) in [6, 6.07) is 12.4. The van der Waals surface area contributed by atoms with Crippen molar-refractivity contribution in [1.29, 1.82) is 0 Å². The predicted octanol–water partition coefficient (Wildman–Crippen LogP) is 2.09. The molecule has 0 saturated carbocycles. The van der Waals surface area contributed by atoms with Crippen molar-refractivity contribution >= 4 is 33.2 Å². The predicted molar refractivity (Wildman–Crippen MR) is 133 cm³/mol. The van der Waals surface area contributed by atoms with Crippen LogP contribution in [0, 0.1) is 0 Å². The van der Waals surface area contributed by atoms with Gasteiger partial charge in [0.25, 0.3) is 0 Å². The molecule has 0 aliphatic carbocycles. The fourth-order valence-electron chi connectivity index (χ4n) is 3.74. The lowest BCUT2D eigenvalue weighted by atomic mass is 10.1. The van der Waals surface area contributed by atoms with Gasteiger partial charge in [-0.3, -0.25) is 14.5 Å². The van der Waals surface area contributed by atoms with Crippen molar-refractivity contribution in [2.45, 2.75) is 38.3 Å². The standard InChI is InChI=1S/C24H33N5O4S/c1-4-28-13-15-29(16-14-28)17-20-5-7-22(8-6-20)26-24(31)18(2)27-34(32,33)23-11-9-21(10-12-23)25-19(3)30/h5-12,18,27H,4,13-17H2,1-3H3,(H,25,30)(H,26,31)/t18-/m0/s1. The lowest BCUT2D eigenvalue weighted by molar-refractivity contribution is -0.117. The van der Waals surface area contributed by atoms with Crippen molar-refractivity contribution in [2.75, 3.05) is 43.4 Å². The molecule has 3 rings (SSSR count). The maximum atomic E-state index is 12.6. The van der Waals surface area contributed by atoms with Gasteiger partial charge in [0, 0.05) is 51.0 Å². The summed E-state index contributed by atoms with van der Waals surface area (Å²) in [6.07, 6.45) is 0. The number of likely N-dealkylation sites (N-methyl/N-ethyl adjacent to an activating group) is 1. The molecule has 1 saturated heterocycles. The van der Waals surface area contributed by atoms with E-state index in [-0.39, 0.29) is 10.8 Å². The van der Waals surface area contributed by atoms with Crippen LogP contribution in [0.4, 0.5) is 11.4 Å². The van der Waals surface area contributed by atoms with Gasteiger partial charge >= 0.3 is 0 Å². The molecule has 34 heavy (non-hydrogen) atoms. The lowest BCUT2D eigenvalue weighted by Gasteiger charge is -2.34. The van der Waals surface area contributed by atoms with Gasteiger partial charge in [-0.2, -0.15) is 4.72 Å². The van der Waals surface area contributed by atoms with Gasteiger partial charge < -0.3 is 15.5 Å². The lowest BCUT2D eigenvalue weighted by Crippen LogP contribution is -2.45. The molecule has 0 unspecified atom stereocenters. The first kappa shape index (κ1) is 25.8. The number of nitrogens with one attached hydrogen (secondary N) is 3. The van der Waals surface area contributed by atoms with Crippen LogP contribution in [0.3, 0.4) is 0 Å². The Bertz CT molecular complexity index is 1080. The van der Waals surface area contributed by atoms with Crippen LogP contribution in [0.1, 0.15) is 26.3 Å². The van der Waals surface area contributed by atoms with Crippen LogP contribution in [0.25, 0.3) is 0 Å². The Hall–Kier alpha value is -2.79. The summed E-state index contributed by atoms with van der Waals surface area (Å²) < 4.78 is 27.6. The monoisotopic (exact) mass is 487 g/mol. The van der Waals surface area contributed by atoms with Crippen LogP contribution in [0.5, 0.6) is 0 Å². The second-order valence-electron chi connectivity index (χ2n) is 8.45. The number of carbonyl (C=O) groups is 2. The van der Waals surface area contributed by atoms with E-state index >= 15 is 0 Å². The number of benzene rings is 2. The second kappa shape index (κ2) is 11.6. The van der Waals surface area contributed by atoms with Crippen LogP contribution in [-0.2, 0) is 26.2 Å². The third kappa shape index (κ3) is 7.36. The smallest absolute Gasteiger partial charge is 0.242 e. The molecule has 2 aromatic rings. The summed E-state index contributed by atoms with van der Waals surface area (Å²) in [5.41, 5.74) is 2.26. The summed E-state index contributed by atoms with van der Waals surface area (Å²) in [7, 11) is -3.90. The Morgan fingerprint density at radius 1 is 0.882 bits per heavy atom. The molecule has 184 valence electrons. The minimum atomic E-state index is -3.90. The van der Waals surface area contributed by atoms with Crippen LogP contribution in [0.2, 0.25) is 0 Å². The number of piperazine rings is 1. The summed E-state index contributed by atoms with van der Waals surface area (Å²) >= 11 is 0. The zero-order valence-electron chi connectivity index (χ0n) is 19.9. The molecular formula is C24H33N5O4S. The Labute approximate surface area is 201 Å². The van der Waals surface area contributed by atoms with Crippen LogP contribution in [0.15, 0.2) is 53.4 Å². The van der Waals surface area contributed by atoms with Crippen molar-refractivity contribution in [3.05, 3.63) is 54.1 Å². The molecule has 2 amide bonds. The molecule has 3 N–H and O–H groups in total. The first-order chi connectivity index (χ1) is 16.2. The molecule has 1 heterocycles. The molecule has 1 aliphatic rings. The summed E-state index contributed by atoms with van der Waals surface area (Å²) in [5, 5.41) is 5.33. The fraction of sp³-hybridized carbons (Fsp3) is 0.417. The quantitative estimate of drug-likeness (QED) is 0.500. The Balaban J connectivity index is 1.52. The topological polar surface area (TPSA) is 111 Å². The third-order valence-corrected chi connectivity index (χ3v) is 7.31. The Kier molecular flexibility index (Phi) is 8.78. The molecule has 9 nitrogen and oxygen atoms in total. The minimum Gasteiger partial charge on any atom is -0.326 e. The summed E-state index contributed by atoms with van der Waals surface area (Å²) in [4.78, 5) is 28.5. The van der Waals surface area contributed by atoms with E-state index in [4.69, 9.17) is 0 Å². The van der Waals surface area contributed by atoms with Crippen molar-refractivity contribution < 1.29 is 18.0 Å². The summed E-state index contributed by atoms with van der Waals surface area (Å²) in [5.74, 6) is -0.705. The largest absolute Gasteiger partial charge is 0.326 e. The maximum Gasteiger partial charge on any atom is 0.242 e. The molecule has 1 fully saturated rings. The first-order valence-electron chi connectivity index (χ1n) is 11.4. The van der Waals surface area contributed by atoms with Gasteiger partial charge in [-0.25, -0.2) is 8.42 Å². The first-order valence-corrected chi connectivity index (χ1v) is 12.9.